The predicted molar refractivity (Wildman–Crippen MR) is 92.1 cm³/mol. The quantitative estimate of drug-likeness (QED) is 0.824. The Morgan fingerprint density at radius 3 is 3.10 bits per heavy atom. The van der Waals surface area contributed by atoms with Crippen molar-refractivity contribution in [2.75, 3.05) is 13.1 Å². The Hall–Kier alpha value is -0.720. The first-order valence-electron chi connectivity index (χ1n) is 7.63. The third-order valence-electron chi connectivity index (χ3n) is 4.34. The zero-order valence-electron chi connectivity index (χ0n) is 12.3. The van der Waals surface area contributed by atoms with E-state index in [0.29, 0.717) is 0 Å². The highest BCUT2D eigenvalue weighted by molar-refractivity contribution is 9.10. The lowest BCUT2D eigenvalue weighted by molar-refractivity contribution is 0.157. The van der Waals surface area contributed by atoms with Gasteiger partial charge in [-0.2, -0.15) is 0 Å². The third-order valence-corrected chi connectivity index (χ3v) is 5.10. The second-order valence-corrected chi connectivity index (χ2v) is 7.14. The average Bonchev–Trinajstić information content (AvgIpc) is 2.76. The first kappa shape index (κ1) is 15.2. The lowest BCUT2D eigenvalue weighted by Crippen LogP contribution is -2.38. The van der Waals surface area contributed by atoms with Gasteiger partial charge in [0.05, 0.1) is 5.52 Å². The zero-order valence-corrected chi connectivity index (χ0v) is 14.7. The first-order valence-corrected chi connectivity index (χ1v) is 8.83. The molecular formula is C15H21BrN4S. The van der Waals surface area contributed by atoms with Crippen molar-refractivity contribution in [1.29, 1.82) is 0 Å². The van der Waals surface area contributed by atoms with Crippen molar-refractivity contribution < 1.29 is 0 Å². The van der Waals surface area contributed by atoms with Crippen molar-refractivity contribution in [1.82, 2.24) is 19.4 Å². The second kappa shape index (κ2) is 6.58. The van der Waals surface area contributed by atoms with Gasteiger partial charge in [0, 0.05) is 29.8 Å². The van der Waals surface area contributed by atoms with Crippen LogP contribution in [0.1, 0.15) is 32.6 Å². The highest BCUT2D eigenvalue weighted by atomic mass is 79.9. The highest BCUT2D eigenvalue weighted by Gasteiger charge is 2.17. The lowest BCUT2D eigenvalue weighted by Gasteiger charge is -2.33. The summed E-state index contributed by atoms with van der Waals surface area (Å²) in [5.41, 5.74) is 1.95. The van der Waals surface area contributed by atoms with Crippen LogP contribution < -0.4 is 0 Å². The molecule has 0 saturated carbocycles. The number of imidazole rings is 1. The molecule has 0 amide bonds. The van der Waals surface area contributed by atoms with E-state index in [-0.39, 0.29) is 0 Å². The van der Waals surface area contributed by atoms with Crippen LogP contribution in [0.4, 0.5) is 0 Å². The molecule has 1 unspecified atom stereocenters. The van der Waals surface area contributed by atoms with Crippen LogP contribution in [-0.4, -0.2) is 38.6 Å². The molecule has 1 saturated heterocycles. The highest BCUT2D eigenvalue weighted by Crippen LogP contribution is 2.19. The van der Waals surface area contributed by atoms with Gasteiger partial charge in [-0.1, -0.05) is 6.42 Å². The molecule has 0 aromatic carbocycles. The van der Waals surface area contributed by atoms with Gasteiger partial charge in [0.25, 0.3) is 0 Å². The molecule has 1 N–H and O–H groups in total. The van der Waals surface area contributed by atoms with Crippen molar-refractivity contribution in [2.45, 2.75) is 45.2 Å². The van der Waals surface area contributed by atoms with Gasteiger partial charge in [-0.05, 0) is 66.9 Å². The van der Waals surface area contributed by atoms with E-state index in [1.165, 1.54) is 25.8 Å². The van der Waals surface area contributed by atoms with Gasteiger partial charge in [0.1, 0.15) is 0 Å². The molecule has 6 heteroatoms. The molecule has 0 bridgehead atoms. The first-order chi connectivity index (χ1) is 10.1. The Labute approximate surface area is 138 Å². The fraction of sp³-hybridized carbons (Fsp3) is 0.600. The molecule has 1 aliphatic rings. The van der Waals surface area contributed by atoms with E-state index in [0.717, 1.165) is 46.0 Å². The van der Waals surface area contributed by atoms with Crippen LogP contribution in [0.15, 0.2) is 16.7 Å². The normalized spacial score (nSPS) is 20.2. The minimum absolute atomic E-state index is 0.726. The van der Waals surface area contributed by atoms with Crippen LogP contribution in [0.3, 0.4) is 0 Å². The van der Waals surface area contributed by atoms with Crippen LogP contribution in [0.2, 0.25) is 0 Å². The fourth-order valence-electron chi connectivity index (χ4n) is 3.15. The Morgan fingerprint density at radius 1 is 1.43 bits per heavy atom. The molecule has 1 fully saturated rings. The molecule has 1 atom stereocenters. The van der Waals surface area contributed by atoms with Gasteiger partial charge in [-0.3, -0.25) is 0 Å². The van der Waals surface area contributed by atoms with Crippen molar-refractivity contribution in [2.24, 2.45) is 0 Å². The lowest BCUT2D eigenvalue weighted by atomic mass is 10.0. The van der Waals surface area contributed by atoms with Gasteiger partial charge in [-0.15, -0.1) is 0 Å². The Kier molecular flexibility index (Phi) is 4.76. The van der Waals surface area contributed by atoms with E-state index < -0.39 is 0 Å². The summed E-state index contributed by atoms with van der Waals surface area (Å²) >= 11 is 8.87. The number of halogens is 1. The maximum atomic E-state index is 5.43. The maximum Gasteiger partial charge on any atom is 0.179 e. The number of aromatic amines is 1. The standard InChI is InChI=1S/C15H21BrN4S/c1-11-5-2-3-6-19(11)7-4-8-20-14-13(18-15(20)21)9-12(16)10-17-14/h9-11H,2-8H2,1H3,(H,18,21). The van der Waals surface area contributed by atoms with Gasteiger partial charge in [-0.25, -0.2) is 4.98 Å². The number of fused-ring (bicyclic) bond motifs is 1. The number of rotatable bonds is 4. The van der Waals surface area contributed by atoms with Crippen LogP contribution in [-0.2, 0) is 6.54 Å². The molecule has 3 heterocycles. The number of aromatic nitrogens is 3. The van der Waals surface area contributed by atoms with Gasteiger partial charge in [0.15, 0.2) is 10.4 Å². The number of piperidine rings is 1. The third kappa shape index (κ3) is 3.38. The summed E-state index contributed by atoms with van der Waals surface area (Å²) in [6.45, 7) is 5.66. The minimum Gasteiger partial charge on any atom is -0.329 e. The topological polar surface area (TPSA) is 36.9 Å². The van der Waals surface area contributed by atoms with E-state index >= 15 is 0 Å². The Morgan fingerprint density at radius 2 is 2.29 bits per heavy atom. The molecule has 114 valence electrons. The summed E-state index contributed by atoms with van der Waals surface area (Å²) in [7, 11) is 0. The number of nitrogens with one attached hydrogen (secondary N) is 1. The van der Waals surface area contributed by atoms with E-state index in [2.05, 4.69) is 42.3 Å². The van der Waals surface area contributed by atoms with Crippen molar-refractivity contribution in [3.05, 3.63) is 21.5 Å². The number of hydrogen-bond donors (Lipinski definition) is 1. The number of likely N-dealkylation sites (tertiary alicyclic amines) is 1. The van der Waals surface area contributed by atoms with Gasteiger partial charge >= 0.3 is 0 Å². The minimum atomic E-state index is 0.726. The van der Waals surface area contributed by atoms with E-state index in [1.807, 2.05) is 12.3 Å². The fourth-order valence-corrected chi connectivity index (χ4v) is 3.77. The molecule has 3 rings (SSSR count). The molecule has 1 aliphatic heterocycles. The summed E-state index contributed by atoms with van der Waals surface area (Å²) in [5, 5.41) is 0. The summed E-state index contributed by atoms with van der Waals surface area (Å²) in [5.74, 6) is 0. The van der Waals surface area contributed by atoms with Crippen LogP contribution in [0, 0.1) is 4.77 Å². The van der Waals surface area contributed by atoms with Gasteiger partial charge in [0.2, 0.25) is 0 Å². The van der Waals surface area contributed by atoms with Crippen LogP contribution in [0.25, 0.3) is 11.2 Å². The van der Waals surface area contributed by atoms with Crippen molar-refractivity contribution in [3.8, 4) is 0 Å². The largest absolute Gasteiger partial charge is 0.329 e. The Bertz CT molecular complexity index is 678. The average molecular weight is 369 g/mol. The van der Waals surface area contributed by atoms with Crippen LogP contribution >= 0.6 is 28.1 Å². The number of nitrogens with zero attached hydrogens (tertiary/aromatic N) is 3. The molecule has 4 nitrogen and oxygen atoms in total. The molecule has 2 aromatic heterocycles. The summed E-state index contributed by atoms with van der Waals surface area (Å²) in [6, 6.07) is 2.75. The Balaban J connectivity index is 1.68. The van der Waals surface area contributed by atoms with Crippen molar-refractivity contribution in [3.63, 3.8) is 0 Å². The smallest absolute Gasteiger partial charge is 0.179 e. The summed E-state index contributed by atoms with van der Waals surface area (Å²) < 4.78 is 3.86. The SMILES string of the molecule is CC1CCCCN1CCCn1c(=S)[nH]c2cc(Br)cnc21. The zero-order chi connectivity index (χ0) is 14.8. The predicted octanol–water partition coefficient (Wildman–Crippen LogP) is 4.12. The van der Waals surface area contributed by atoms with E-state index in [1.54, 1.807) is 0 Å². The summed E-state index contributed by atoms with van der Waals surface area (Å²) in [6.07, 6.45) is 7.00. The second-order valence-electron chi connectivity index (χ2n) is 5.84. The van der Waals surface area contributed by atoms with E-state index in [9.17, 15) is 0 Å². The number of aryl methyl sites for hydroxylation is 1. The maximum absolute atomic E-state index is 5.43. The van der Waals surface area contributed by atoms with Gasteiger partial charge < -0.3 is 14.5 Å². The molecule has 0 spiro atoms. The van der Waals surface area contributed by atoms with Crippen molar-refractivity contribution >= 4 is 39.3 Å². The molecule has 21 heavy (non-hydrogen) atoms. The number of pyridine rings is 1. The molecular weight excluding hydrogens is 348 g/mol. The summed E-state index contributed by atoms with van der Waals surface area (Å²) in [4.78, 5) is 10.3. The molecule has 0 aliphatic carbocycles. The molecule has 0 radical (unpaired) electrons. The number of hydrogen-bond acceptors (Lipinski definition) is 3. The molecule has 2 aromatic rings. The number of H-pyrrole nitrogens is 1. The monoisotopic (exact) mass is 368 g/mol. The van der Waals surface area contributed by atoms with Crippen LogP contribution in [0.5, 0.6) is 0 Å². The van der Waals surface area contributed by atoms with E-state index in [4.69, 9.17) is 12.2 Å².